The van der Waals surface area contributed by atoms with Crippen molar-refractivity contribution in [2.45, 2.75) is 58.2 Å². The molecule has 1 aliphatic heterocycles. The quantitative estimate of drug-likeness (QED) is 0.306. The van der Waals surface area contributed by atoms with Crippen LogP contribution in [0, 0.1) is 6.92 Å². The van der Waals surface area contributed by atoms with Crippen molar-refractivity contribution in [3.8, 4) is 5.75 Å². The largest absolute Gasteiger partial charge is 0.464 e. The highest BCUT2D eigenvalue weighted by Crippen LogP contribution is 2.38. The normalized spacial score (nSPS) is 13.8. The molecule has 0 bridgehead atoms. The lowest BCUT2D eigenvalue weighted by Crippen LogP contribution is -2.18. The molecule has 2 aromatic heterocycles. The number of aromatic nitrogens is 1. The lowest BCUT2D eigenvalue weighted by atomic mass is 10.1. The number of hydrogen-bond acceptors (Lipinski definition) is 6. The van der Waals surface area contributed by atoms with Gasteiger partial charge in [0.05, 0.1) is 11.2 Å². The number of furan rings is 1. The highest BCUT2D eigenvalue weighted by molar-refractivity contribution is 8.00. The summed E-state index contributed by atoms with van der Waals surface area (Å²) in [5, 5.41) is 7.86. The van der Waals surface area contributed by atoms with Gasteiger partial charge in [0, 0.05) is 37.7 Å². The number of nitrogens with one attached hydrogen (secondary N) is 2. The predicted molar refractivity (Wildman–Crippen MR) is 141 cm³/mol. The zero-order valence-electron chi connectivity index (χ0n) is 20.0. The number of rotatable bonds is 6. The smallest absolute Gasteiger partial charge is 0.224 e. The van der Waals surface area contributed by atoms with Crippen molar-refractivity contribution in [2.75, 3.05) is 5.32 Å². The fourth-order valence-electron chi connectivity index (χ4n) is 3.35. The Hall–Kier alpha value is -2.96. The highest BCUT2D eigenvalue weighted by Gasteiger charge is 2.23. The van der Waals surface area contributed by atoms with Gasteiger partial charge >= 0.3 is 0 Å². The first-order chi connectivity index (χ1) is 16.2. The summed E-state index contributed by atoms with van der Waals surface area (Å²) < 4.78 is 11.8. The molecule has 5 nitrogen and oxygen atoms in total. The van der Waals surface area contributed by atoms with E-state index in [9.17, 15) is 0 Å². The maximum atomic E-state index is 6.06. The van der Waals surface area contributed by atoms with Crippen LogP contribution in [-0.2, 0) is 13.1 Å². The molecule has 0 saturated carbocycles. The number of anilines is 1. The van der Waals surface area contributed by atoms with Crippen LogP contribution < -0.4 is 15.4 Å². The summed E-state index contributed by atoms with van der Waals surface area (Å²) in [7, 11) is 0. The molecule has 33 heavy (non-hydrogen) atoms. The maximum Gasteiger partial charge on any atom is 0.224 e. The topological polar surface area (TPSA) is 59.3 Å². The van der Waals surface area contributed by atoms with Crippen molar-refractivity contribution in [3.63, 3.8) is 0 Å². The van der Waals surface area contributed by atoms with E-state index in [2.05, 4.69) is 52.9 Å². The van der Waals surface area contributed by atoms with E-state index in [1.165, 1.54) is 11.1 Å². The third-order valence-electron chi connectivity index (χ3n) is 4.89. The van der Waals surface area contributed by atoms with Gasteiger partial charge in [-0.15, -0.1) is 0 Å². The third-order valence-corrected chi connectivity index (χ3v) is 5.91. The fourth-order valence-corrected chi connectivity index (χ4v) is 4.29. The van der Waals surface area contributed by atoms with Crippen LogP contribution in [0.3, 0.4) is 0 Å². The Balaban J connectivity index is 0.000000777. The minimum absolute atomic E-state index is 0. The van der Waals surface area contributed by atoms with E-state index in [0.29, 0.717) is 0 Å². The summed E-state index contributed by atoms with van der Waals surface area (Å²) >= 11 is 1.61. The number of thioether (sulfide) groups is 1. The average molecular weight is 466 g/mol. The second kappa shape index (κ2) is 12.3. The minimum Gasteiger partial charge on any atom is -0.464 e. The second-order valence-electron chi connectivity index (χ2n) is 7.07. The van der Waals surface area contributed by atoms with E-state index in [4.69, 9.17) is 9.15 Å². The first-order valence-electron chi connectivity index (χ1n) is 11.6. The summed E-state index contributed by atoms with van der Waals surface area (Å²) in [4.78, 5) is 5.42. The number of pyridine rings is 1. The van der Waals surface area contributed by atoms with Crippen molar-refractivity contribution in [1.82, 2.24) is 10.3 Å². The Labute approximate surface area is 202 Å². The first-order valence-corrected chi connectivity index (χ1v) is 12.4. The number of aryl methyl sites for hydroxylation is 1. The molecule has 2 N–H and O–H groups in total. The zero-order chi connectivity index (χ0) is 23.6. The molecular formula is C27H35N3O2S. The van der Waals surface area contributed by atoms with Crippen LogP contribution in [0.5, 0.6) is 5.75 Å². The molecule has 0 aliphatic carbocycles. The molecule has 5 rings (SSSR count). The average Bonchev–Trinajstić information content (AvgIpc) is 3.46. The maximum absolute atomic E-state index is 6.06. The van der Waals surface area contributed by atoms with E-state index < -0.39 is 0 Å². The summed E-state index contributed by atoms with van der Waals surface area (Å²) in [6, 6.07) is 18.5. The Kier molecular flexibility index (Phi) is 9.22. The van der Waals surface area contributed by atoms with Gasteiger partial charge in [-0.25, -0.2) is 4.98 Å². The standard InChI is InChI=1S/C23H21N3O2S.2C2H6.H2/c1-15-4-6-16(7-5-15)12-24-13-17-14-27-20-11-18(8-9-19(17)20)28-23-26-22-21(29-23)3-2-10-25-22;2*1-2;/h2-11,14,23-24H,12-13H2,1H3,(H,25,26);2*1-2H3;1H. The predicted octanol–water partition coefficient (Wildman–Crippen LogP) is 7.60. The van der Waals surface area contributed by atoms with Crippen LogP contribution in [0.25, 0.3) is 11.0 Å². The van der Waals surface area contributed by atoms with Gasteiger partial charge in [-0.3, -0.25) is 0 Å². The molecule has 0 radical (unpaired) electrons. The van der Waals surface area contributed by atoms with Gasteiger partial charge in [-0.2, -0.15) is 0 Å². The number of fused-ring (bicyclic) bond motifs is 2. The van der Waals surface area contributed by atoms with Crippen LogP contribution in [0.15, 0.2) is 76.4 Å². The number of nitrogens with zero attached hydrogens (tertiary/aromatic N) is 1. The monoisotopic (exact) mass is 465 g/mol. The van der Waals surface area contributed by atoms with Crippen LogP contribution >= 0.6 is 11.8 Å². The van der Waals surface area contributed by atoms with Gasteiger partial charge in [-0.1, -0.05) is 69.3 Å². The molecule has 4 aromatic rings. The van der Waals surface area contributed by atoms with Crippen molar-refractivity contribution in [2.24, 2.45) is 0 Å². The Bertz CT molecular complexity index is 1120. The molecule has 176 valence electrons. The Morgan fingerprint density at radius 3 is 2.61 bits per heavy atom. The Morgan fingerprint density at radius 1 is 1.06 bits per heavy atom. The summed E-state index contributed by atoms with van der Waals surface area (Å²) in [6.07, 6.45) is 3.59. The summed E-state index contributed by atoms with van der Waals surface area (Å²) in [5.74, 6) is 1.63. The number of ether oxygens (including phenoxy) is 1. The van der Waals surface area contributed by atoms with Crippen molar-refractivity contribution in [3.05, 3.63) is 83.7 Å². The summed E-state index contributed by atoms with van der Waals surface area (Å²) in [6.45, 7) is 11.7. The zero-order valence-corrected chi connectivity index (χ0v) is 20.8. The van der Waals surface area contributed by atoms with Gasteiger partial charge in [0.25, 0.3) is 0 Å². The van der Waals surface area contributed by atoms with Crippen molar-refractivity contribution < 1.29 is 10.6 Å². The minimum atomic E-state index is -0.192. The van der Waals surface area contributed by atoms with E-state index in [1.807, 2.05) is 58.2 Å². The lowest BCUT2D eigenvalue weighted by Gasteiger charge is -2.13. The van der Waals surface area contributed by atoms with Crippen molar-refractivity contribution in [1.29, 1.82) is 0 Å². The molecule has 0 spiro atoms. The molecule has 2 aromatic carbocycles. The van der Waals surface area contributed by atoms with E-state index in [-0.39, 0.29) is 6.99 Å². The van der Waals surface area contributed by atoms with Crippen LogP contribution in [0.4, 0.5) is 5.82 Å². The van der Waals surface area contributed by atoms with Gasteiger partial charge in [0.15, 0.2) is 0 Å². The second-order valence-corrected chi connectivity index (χ2v) is 8.17. The highest BCUT2D eigenvalue weighted by atomic mass is 32.2. The van der Waals surface area contributed by atoms with Crippen LogP contribution in [-0.4, -0.2) is 10.5 Å². The molecular weight excluding hydrogens is 430 g/mol. The molecule has 1 unspecified atom stereocenters. The van der Waals surface area contributed by atoms with E-state index in [1.54, 1.807) is 18.0 Å². The molecule has 6 heteroatoms. The van der Waals surface area contributed by atoms with Gasteiger partial charge in [0.1, 0.15) is 17.2 Å². The fraction of sp³-hybridized carbons (Fsp3) is 0.296. The van der Waals surface area contributed by atoms with E-state index >= 15 is 0 Å². The molecule has 3 heterocycles. The molecule has 0 fully saturated rings. The van der Waals surface area contributed by atoms with Gasteiger partial charge in [0.2, 0.25) is 5.56 Å². The number of benzene rings is 2. The van der Waals surface area contributed by atoms with E-state index in [0.717, 1.165) is 46.1 Å². The lowest BCUT2D eigenvalue weighted by molar-refractivity contribution is 0.317. The molecule has 1 atom stereocenters. The van der Waals surface area contributed by atoms with Gasteiger partial charge < -0.3 is 19.8 Å². The SMILES string of the molecule is CC.CC.Cc1ccc(CNCc2coc3cc(OC4Nc5ncccc5S4)ccc23)cc1.[HH]. The molecule has 0 amide bonds. The Morgan fingerprint density at radius 2 is 1.85 bits per heavy atom. The molecule has 1 aliphatic rings. The summed E-state index contributed by atoms with van der Waals surface area (Å²) in [5.41, 5.74) is 4.33. The van der Waals surface area contributed by atoms with Crippen LogP contribution in [0.1, 0.15) is 45.8 Å². The first kappa shape index (κ1) is 24.7. The van der Waals surface area contributed by atoms with Crippen molar-refractivity contribution >= 4 is 28.5 Å². The third kappa shape index (κ3) is 6.30. The van der Waals surface area contributed by atoms with Crippen LogP contribution in [0.2, 0.25) is 0 Å². The number of hydrogen-bond donors (Lipinski definition) is 2. The van der Waals surface area contributed by atoms with Gasteiger partial charge in [-0.05, 0) is 36.8 Å². The molecule has 0 saturated heterocycles.